The van der Waals surface area contributed by atoms with Crippen molar-refractivity contribution in [1.82, 2.24) is 4.98 Å². The lowest BCUT2D eigenvalue weighted by molar-refractivity contribution is 0.0103. The summed E-state index contributed by atoms with van der Waals surface area (Å²) < 4.78 is 0. The molecule has 1 aliphatic carbocycles. The number of hydrogen-bond donors (Lipinski definition) is 1. The second-order valence-electron chi connectivity index (χ2n) is 3.81. The number of aliphatic hydroxyl groups excluding tert-OH is 1. The monoisotopic (exact) mass is 208 g/mol. The fourth-order valence-corrected chi connectivity index (χ4v) is 2.67. The van der Waals surface area contributed by atoms with Crippen LogP contribution in [0.3, 0.4) is 0 Å². The minimum absolute atomic E-state index is 0.529. The van der Waals surface area contributed by atoms with E-state index in [4.69, 9.17) is 5.26 Å². The van der Waals surface area contributed by atoms with E-state index in [-0.39, 0.29) is 0 Å². The maximum atomic E-state index is 10.1. The molecule has 0 bridgehead atoms. The van der Waals surface area contributed by atoms with Crippen LogP contribution in [0.25, 0.3) is 0 Å². The molecule has 0 spiro atoms. The lowest BCUT2D eigenvalue weighted by Gasteiger charge is -2.38. The molecule has 3 nitrogen and oxygen atoms in total. The van der Waals surface area contributed by atoms with E-state index in [1.165, 1.54) is 11.3 Å². The molecule has 4 heteroatoms. The smallest absolute Gasteiger partial charge is 0.108 e. The zero-order valence-corrected chi connectivity index (χ0v) is 8.84. The maximum Gasteiger partial charge on any atom is 0.108 e. The molecule has 0 aromatic carbocycles. The minimum Gasteiger partial charge on any atom is -0.386 e. The fraction of sp³-hybridized carbons (Fsp3) is 0.600. The van der Waals surface area contributed by atoms with Crippen LogP contribution in [-0.4, -0.2) is 10.1 Å². The molecule has 1 heterocycles. The number of aliphatic hydroxyl groups is 1. The van der Waals surface area contributed by atoms with E-state index >= 15 is 0 Å². The number of aryl methyl sites for hydroxylation is 1. The average Bonchev–Trinajstić information content (AvgIpc) is 2.50. The molecule has 1 atom stereocenters. The van der Waals surface area contributed by atoms with Crippen molar-refractivity contribution in [3.05, 3.63) is 16.1 Å². The molecular formula is C10H12N2OS. The zero-order chi connectivity index (χ0) is 10.2. The Hall–Kier alpha value is -0.920. The third kappa shape index (κ3) is 1.33. The van der Waals surface area contributed by atoms with Crippen LogP contribution < -0.4 is 0 Å². The number of nitriles is 1. The van der Waals surface area contributed by atoms with Gasteiger partial charge in [0.2, 0.25) is 0 Å². The lowest BCUT2D eigenvalue weighted by Crippen LogP contribution is -2.34. The first kappa shape index (κ1) is 9.63. The number of rotatable bonds is 2. The van der Waals surface area contributed by atoms with Crippen LogP contribution in [0.4, 0.5) is 0 Å². The SMILES string of the molecule is Cc1ncc(C(O)C2(C#N)CCC2)s1. The Morgan fingerprint density at radius 1 is 1.71 bits per heavy atom. The van der Waals surface area contributed by atoms with Crippen molar-refractivity contribution in [1.29, 1.82) is 5.26 Å². The first-order valence-electron chi connectivity index (χ1n) is 4.69. The number of aromatic nitrogens is 1. The van der Waals surface area contributed by atoms with E-state index < -0.39 is 11.5 Å². The number of nitrogens with zero attached hydrogens (tertiary/aromatic N) is 2. The van der Waals surface area contributed by atoms with Gasteiger partial charge in [0.1, 0.15) is 6.10 Å². The summed E-state index contributed by atoms with van der Waals surface area (Å²) in [5.74, 6) is 0. The molecular weight excluding hydrogens is 196 g/mol. The van der Waals surface area contributed by atoms with Crippen molar-refractivity contribution < 1.29 is 5.11 Å². The van der Waals surface area contributed by atoms with Crippen molar-refractivity contribution >= 4 is 11.3 Å². The van der Waals surface area contributed by atoms with E-state index in [0.717, 1.165) is 29.1 Å². The van der Waals surface area contributed by atoms with E-state index in [0.29, 0.717) is 0 Å². The van der Waals surface area contributed by atoms with Gasteiger partial charge in [-0.2, -0.15) is 5.26 Å². The molecule has 1 aromatic rings. The molecule has 14 heavy (non-hydrogen) atoms. The van der Waals surface area contributed by atoms with Crippen LogP contribution in [0.5, 0.6) is 0 Å². The van der Waals surface area contributed by atoms with Gasteiger partial charge >= 0.3 is 0 Å². The highest BCUT2D eigenvalue weighted by Crippen LogP contribution is 2.50. The molecule has 1 unspecified atom stereocenters. The minimum atomic E-state index is -0.646. The van der Waals surface area contributed by atoms with Gasteiger partial charge in [0.25, 0.3) is 0 Å². The Morgan fingerprint density at radius 3 is 2.79 bits per heavy atom. The highest BCUT2D eigenvalue weighted by atomic mass is 32.1. The van der Waals surface area contributed by atoms with E-state index in [1.807, 2.05) is 6.92 Å². The molecule has 1 fully saturated rings. The van der Waals surface area contributed by atoms with Gasteiger partial charge in [0.05, 0.1) is 21.4 Å². The number of hydrogen-bond acceptors (Lipinski definition) is 4. The molecule has 0 saturated heterocycles. The molecule has 2 rings (SSSR count). The van der Waals surface area contributed by atoms with Crippen LogP contribution in [0, 0.1) is 23.7 Å². The van der Waals surface area contributed by atoms with Crippen LogP contribution in [0.15, 0.2) is 6.20 Å². The summed E-state index contributed by atoms with van der Waals surface area (Å²) >= 11 is 1.48. The maximum absolute atomic E-state index is 10.1. The summed E-state index contributed by atoms with van der Waals surface area (Å²) in [6.07, 6.45) is 3.70. The Morgan fingerprint density at radius 2 is 2.43 bits per heavy atom. The third-order valence-electron chi connectivity index (χ3n) is 2.90. The molecule has 1 aromatic heterocycles. The topological polar surface area (TPSA) is 56.9 Å². The van der Waals surface area contributed by atoms with Crippen molar-refractivity contribution in [2.75, 3.05) is 0 Å². The molecule has 0 amide bonds. The molecule has 0 radical (unpaired) electrons. The van der Waals surface area contributed by atoms with Gasteiger partial charge in [-0.3, -0.25) is 0 Å². The van der Waals surface area contributed by atoms with Gasteiger partial charge < -0.3 is 5.11 Å². The van der Waals surface area contributed by atoms with E-state index in [9.17, 15) is 5.11 Å². The second kappa shape index (κ2) is 3.34. The van der Waals surface area contributed by atoms with Crippen molar-refractivity contribution in [3.8, 4) is 6.07 Å². The summed E-state index contributed by atoms with van der Waals surface area (Å²) in [5, 5.41) is 20.0. The van der Waals surface area contributed by atoms with Crippen LogP contribution in [-0.2, 0) is 0 Å². The summed E-state index contributed by atoms with van der Waals surface area (Å²) in [5.41, 5.74) is -0.529. The average molecular weight is 208 g/mol. The van der Waals surface area contributed by atoms with E-state index in [1.54, 1.807) is 6.20 Å². The van der Waals surface area contributed by atoms with Gasteiger partial charge in [0.15, 0.2) is 0 Å². The predicted molar refractivity (Wildman–Crippen MR) is 53.7 cm³/mol. The van der Waals surface area contributed by atoms with Crippen LogP contribution in [0.1, 0.15) is 35.3 Å². The van der Waals surface area contributed by atoms with Gasteiger partial charge in [0, 0.05) is 6.20 Å². The molecule has 0 aliphatic heterocycles. The normalized spacial score (nSPS) is 20.9. The van der Waals surface area contributed by atoms with Gasteiger partial charge in [-0.1, -0.05) is 6.42 Å². The largest absolute Gasteiger partial charge is 0.386 e. The van der Waals surface area contributed by atoms with Gasteiger partial charge in [-0.25, -0.2) is 4.98 Å². The van der Waals surface area contributed by atoms with Crippen LogP contribution in [0.2, 0.25) is 0 Å². The highest BCUT2D eigenvalue weighted by molar-refractivity contribution is 7.11. The van der Waals surface area contributed by atoms with Crippen molar-refractivity contribution in [3.63, 3.8) is 0 Å². The Balaban J connectivity index is 2.23. The van der Waals surface area contributed by atoms with E-state index in [2.05, 4.69) is 11.1 Å². The second-order valence-corrected chi connectivity index (χ2v) is 5.07. The van der Waals surface area contributed by atoms with Gasteiger partial charge in [-0.15, -0.1) is 11.3 Å². The summed E-state index contributed by atoms with van der Waals surface area (Å²) in [6.45, 7) is 1.90. The first-order chi connectivity index (χ1) is 6.68. The Kier molecular flexibility index (Phi) is 2.30. The summed E-state index contributed by atoms with van der Waals surface area (Å²) in [4.78, 5) is 4.92. The molecule has 1 aliphatic rings. The number of thiazole rings is 1. The Bertz CT molecular complexity index is 376. The summed E-state index contributed by atoms with van der Waals surface area (Å²) in [6, 6.07) is 2.25. The third-order valence-corrected chi connectivity index (χ3v) is 3.87. The molecule has 1 N–H and O–H groups in total. The predicted octanol–water partition coefficient (Wildman–Crippen LogP) is 2.18. The first-order valence-corrected chi connectivity index (χ1v) is 5.51. The molecule has 1 saturated carbocycles. The fourth-order valence-electron chi connectivity index (χ4n) is 1.78. The van der Waals surface area contributed by atoms with Crippen molar-refractivity contribution in [2.45, 2.75) is 32.3 Å². The molecule has 74 valence electrons. The van der Waals surface area contributed by atoms with Crippen molar-refractivity contribution in [2.24, 2.45) is 5.41 Å². The standard InChI is InChI=1S/C10H12N2OS/c1-7-12-5-8(14-7)9(13)10(6-11)3-2-4-10/h5,9,13H,2-4H2,1H3. The quantitative estimate of drug-likeness (QED) is 0.810. The lowest BCUT2D eigenvalue weighted by atomic mass is 9.66. The Labute approximate surface area is 87.0 Å². The summed E-state index contributed by atoms with van der Waals surface area (Å²) in [7, 11) is 0. The van der Waals surface area contributed by atoms with Gasteiger partial charge in [-0.05, 0) is 19.8 Å². The zero-order valence-electron chi connectivity index (χ0n) is 8.03. The highest BCUT2D eigenvalue weighted by Gasteiger charge is 2.45. The van der Waals surface area contributed by atoms with Crippen LogP contribution >= 0.6 is 11.3 Å².